The monoisotopic (exact) mass is 409 g/mol. The van der Waals surface area contributed by atoms with Crippen LogP contribution in [0.2, 0.25) is 0 Å². The van der Waals surface area contributed by atoms with Crippen molar-refractivity contribution >= 4 is 28.8 Å². The summed E-state index contributed by atoms with van der Waals surface area (Å²) in [5.74, 6) is 1.02. The fraction of sp³-hybridized carbons (Fsp3) is 0.318. The molecule has 1 fully saturated rings. The SMILES string of the molecule is Cc1oc(-c2cccs2)nc1CC(=O)Nc1cccc(C(=O)N2CCCC2)c1C. The van der Waals surface area contributed by atoms with Gasteiger partial charge in [0.1, 0.15) is 5.76 Å². The Morgan fingerprint density at radius 1 is 1.17 bits per heavy atom. The maximum absolute atomic E-state index is 12.7. The number of carbonyl (C=O) groups excluding carboxylic acids is 2. The summed E-state index contributed by atoms with van der Waals surface area (Å²) in [5.41, 5.74) is 2.70. The molecule has 1 aliphatic rings. The topological polar surface area (TPSA) is 75.4 Å². The van der Waals surface area contributed by atoms with Gasteiger partial charge >= 0.3 is 0 Å². The van der Waals surface area contributed by atoms with Gasteiger partial charge in [-0.3, -0.25) is 9.59 Å². The van der Waals surface area contributed by atoms with Gasteiger partial charge in [0.05, 0.1) is 17.0 Å². The van der Waals surface area contributed by atoms with Crippen LogP contribution in [0.3, 0.4) is 0 Å². The van der Waals surface area contributed by atoms with Crippen LogP contribution < -0.4 is 5.32 Å². The first kappa shape index (κ1) is 19.4. The third kappa shape index (κ3) is 4.10. The largest absolute Gasteiger partial charge is 0.440 e. The highest BCUT2D eigenvalue weighted by Gasteiger charge is 2.22. The molecular weight excluding hydrogens is 386 g/mol. The van der Waals surface area contributed by atoms with E-state index >= 15 is 0 Å². The van der Waals surface area contributed by atoms with Crippen molar-refractivity contribution < 1.29 is 14.0 Å². The van der Waals surface area contributed by atoms with Crippen LogP contribution in [0.5, 0.6) is 0 Å². The van der Waals surface area contributed by atoms with Crippen LogP contribution in [0, 0.1) is 13.8 Å². The second-order valence-corrected chi connectivity index (χ2v) is 8.15. The molecule has 29 heavy (non-hydrogen) atoms. The molecule has 6 nitrogen and oxygen atoms in total. The lowest BCUT2D eigenvalue weighted by molar-refractivity contribution is -0.115. The Labute approximate surface area is 173 Å². The normalized spacial score (nSPS) is 13.7. The predicted molar refractivity (Wildman–Crippen MR) is 113 cm³/mol. The van der Waals surface area contributed by atoms with E-state index in [-0.39, 0.29) is 18.2 Å². The second-order valence-electron chi connectivity index (χ2n) is 7.20. The highest BCUT2D eigenvalue weighted by Crippen LogP contribution is 2.27. The van der Waals surface area contributed by atoms with Gasteiger partial charge in [0.2, 0.25) is 11.8 Å². The van der Waals surface area contributed by atoms with E-state index in [2.05, 4.69) is 10.3 Å². The number of thiophene rings is 1. The van der Waals surface area contributed by atoms with E-state index in [1.807, 2.05) is 54.5 Å². The molecule has 0 aliphatic carbocycles. The maximum Gasteiger partial charge on any atom is 0.254 e. The van der Waals surface area contributed by atoms with Crippen molar-refractivity contribution in [2.24, 2.45) is 0 Å². The van der Waals surface area contributed by atoms with Crippen molar-refractivity contribution in [1.82, 2.24) is 9.88 Å². The highest BCUT2D eigenvalue weighted by molar-refractivity contribution is 7.13. The molecule has 2 aromatic heterocycles. The number of anilines is 1. The van der Waals surface area contributed by atoms with Crippen molar-refractivity contribution in [2.45, 2.75) is 33.1 Å². The minimum absolute atomic E-state index is 0.0315. The van der Waals surface area contributed by atoms with E-state index in [1.54, 1.807) is 11.3 Å². The van der Waals surface area contributed by atoms with E-state index in [0.29, 0.717) is 28.6 Å². The zero-order valence-corrected chi connectivity index (χ0v) is 17.3. The van der Waals surface area contributed by atoms with Gasteiger partial charge < -0.3 is 14.6 Å². The lowest BCUT2D eigenvalue weighted by atomic mass is 10.1. The molecule has 3 aromatic rings. The van der Waals surface area contributed by atoms with Gasteiger partial charge in [0, 0.05) is 24.3 Å². The second kappa shape index (κ2) is 8.21. The Morgan fingerprint density at radius 2 is 1.97 bits per heavy atom. The van der Waals surface area contributed by atoms with Crippen LogP contribution in [-0.2, 0) is 11.2 Å². The summed E-state index contributed by atoms with van der Waals surface area (Å²) in [6.45, 7) is 5.28. The minimum Gasteiger partial charge on any atom is -0.440 e. The number of nitrogens with zero attached hydrogens (tertiary/aromatic N) is 2. The molecule has 2 amide bonds. The van der Waals surface area contributed by atoms with Gasteiger partial charge in [0.15, 0.2) is 0 Å². The highest BCUT2D eigenvalue weighted by atomic mass is 32.1. The third-order valence-electron chi connectivity index (χ3n) is 5.18. The van der Waals surface area contributed by atoms with Crippen LogP contribution in [-0.4, -0.2) is 34.8 Å². The summed E-state index contributed by atoms with van der Waals surface area (Å²) in [6, 6.07) is 9.32. The molecular formula is C22H23N3O3S. The molecule has 150 valence electrons. The summed E-state index contributed by atoms with van der Waals surface area (Å²) in [6.07, 6.45) is 2.21. The Balaban J connectivity index is 1.48. The van der Waals surface area contributed by atoms with Crippen LogP contribution in [0.4, 0.5) is 5.69 Å². The fourth-order valence-electron chi connectivity index (χ4n) is 3.54. The lowest BCUT2D eigenvalue weighted by Gasteiger charge is -2.18. The first-order valence-electron chi connectivity index (χ1n) is 9.72. The number of benzene rings is 1. The van der Waals surface area contributed by atoms with Crippen molar-refractivity contribution in [2.75, 3.05) is 18.4 Å². The summed E-state index contributed by atoms with van der Waals surface area (Å²) in [7, 11) is 0. The Hall–Kier alpha value is -2.93. The molecule has 4 rings (SSSR count). The Bertz CT molecular complexity index is 1030. The average Bonchev–Trinajstić information content (AvgIpc) is 3.45. The van der Waals surface area contributed by atoms with Crippen LogP contribution in [0.1, 0.15) is 40.2 Å². The smallest absolute Gasteiger partial charge is 0.254 e. The quantitative estimate of drug-likeness (QED) is 0.676. The van der Waals surface area contributed by atoms with Gasteiger partial charge in [-0.2, -0.15) is 0 Å². The van der Waals surface area contributed by atoms with Crippen molar-refractivity contribution in [3.63, 3.8) is 0 Å². The van der Waals surface area contributed by atoms with Gasteiger partial charge in [-0.05, 0) is 55.8 Å². The van der Waals surface area contributed by atoms with E-state index < -0.39 is 0 Å². The van der Waals surface area contributed by atoms with E-state index in [9.17, 15) is 9.59 Å². The van der Waals surface area contributed by atoms with E-state index in [4.69, 9.17) is 4.42 Å². The van der Waals surface area contributed by atoms with Gasteiger partial charge in [-0.15, -0.1) is 11.3 Å². The van der Waals surface area contributed by atoms with Crippen LogP contribution >= 0.6 is 11.3 Å². The number of likely N-dealkylation sites (tertiary alicyclic amines) is 1. The van der Waals surface area contributed by atoms with Crippen molar-refractivity contribution in [1.29, 1.82) is 0 Å². The van der Waals surface area contributed by atoms with E-state index in [1.165, 1.54) is 0 Å². The number of carbonyl (C=O) groups is 2. The molecule has 0 spiro atoms. The molecule has 1 saturated heterocycles. The maximum atomic E-state index is 12.7. The molecule has 1 aromatic carbocycles. The molecule has 0 saturated carbocycles. The first-order valence-corrected chi connectivity index (χ1v) is 10.6. The van der Waals surface area contributed by atoms with E-state index in [0.717, 1.165) is 36.4 Å². The summed E-state index contributed by atoms with van der Waals surface area (Å²) < 4.78 is 5.71. The zero-order chi connectivity index (χ0) is 20.4. The van der Waals surface area contributed by atoms with Gasteiger partial charge in [-0.25, -0.2) is 4.98 Å². The van der Waals surface area contributed by atoms with Gasteiger partial charge in [0.25, 0.3) is 5.91 Å². The van der Waals surface area contributed by atoms with Crippen molar-refractivity contribution in [3.05, 3.63) is 58.3 Å². The minimum atomic E-state index is -0.187. The Kier molecular flexibility index (Phi) is 5.49. The van der Waals surface area contributed by atoms with Crippen molar-refractivity contribution in [3.8, 4) is 10.8 Å². The molecule has 0 bridgehead atoms. The standard InChI is InChI=1S/C22H23N3O3S/c1-14-16(22(27)25-10-3-4-11-25)7-5-8-17(14)23-20(26)13-18-15(2)28-21(24-18)19-9-6-12-29-19/h5-9,12H,3-4,10-11,13H2,1-2H3,(H,23,26). The zero-order valence-electron chi connectivity index (χ0n) is 16.5. The summed E-state index contributed by atoms with van der Waals surface area (Å²) >= 11 is 1.54. The summed E-state index contributed by atoms with van der Waals surface area (Å²) in [4.78, 5) is 32.7. The number of aryl methyl sites for hydroxylation is 1. The van der Waals surface area contributed by atoms with Crippen LogP contribution in [0.25, 0.3) is 10.8 Å². The third-order valence-corrected chi connectivity index (χ3v) is 6.04. The molecule has 3 heterocycles. The predicted octanol–water partition coefficient (Wildman–Crippen LogP) is 4.44. The first-order chi connectivity index (χ1) is 14.0. The Morgan fingerprint density at radius 3 is 2.69 bits per heavy atom. The number of hydrogen-bond acceptors (Lipinski definition) is 5. The molecule has 0 unspecified atom stereocenters. The molecule has 0 radical (unpaired) electrons. The van der Waals surface area contributed by atoms with Gasteiger partial charge in [-0.1, -0.05) is 12.1 Å². The fourth-order valence-corrected chi connectivity index (χ4v) is 4.19. The number of nitrogens with one attached hydrogen (secondary N) is 1. The summed E-state index contributed by atoms with van der Waals surface area (Å²) in [5, 5.41) is 4.89. The molecule has 1 N–H and O–H groups in total. The molecule has 7 heteroatoms. The lowest BCUT2D eigenvalue weighted by Crippen LogP contribution is -2.28. The number of aromatic nitrogens is 1. The number of rotatable bonds is 5. The average molecular weight is 410 g/mol. The number of amides is 2. The van der Waals surface area contributed by atoms with Crippen LogP contribution in [0.15, 0.2) is 40.1 Å². The number of oxazole rings is 1. The number of hydrogen-bond donors (Lipinski definition) is 1. The molecule has 0 atom stereocenters. The molecule has 1 aliphatic heterocycles.